The molecule has 0 amide bonds. The summed E-state index contributed by atoms with van der Waals surface area (Å²) in [7, 11) is 0.380. The summed E-state index contributed by atoms with van der Waals surface area (Å²) in [5, 5.41) is 2.66. The summed E-state index contributed by atoms with van der Waals surface area (Å²) in [6.45, 7) is 15.7. The molecule has 0 aliphatic carbocycles. The van der Waals surface area contributed by atoms with Crippen LogP contribution in [0, 0.1) is 25.4 Å². The van der Waals surface area contributed by atoms with Crippen LogP contribution in [0.3, 0.4) is 0 Å². The van der Waals surface area contributed by atoms with Crippen LogP contribution in [0.2, 0.25) is 0 Å². The molecule has 0 N–H and O–H groups in total. The van der Waals surface area contributed by atoms with Gasteiger partial charge in [0.15, 0.2) is 0 Å². The van der Waals surface area contributed by atoms with E-state index in [1.807, 2.05) is 60.7 Å². The molecule has 0 fully saturated rings. The van der Waals surface area contributed by atoms with Gasteiger partial charge in [0, 0.05) is 0 Å². The number of rotatable bonds is 0. The maximum atomic E-state index is 7.50. The SMILES string of the molecule is CP(C)C.[C-]#[O+].[C-]#[O+].[Ir+3].[c-]1ccccc1.[c-]1ccccc1.c1ccc2[cH-]ccc2c1. The molecule has 2 nitrogen and oxygen atoms in total. The molecule has 0 aliphatic rings. The molecule has 4 aromatic carbocycles. The van der Waals surface area contributed by atoms with Gasteiger partial charge in [-0.3, -0.25) is 0 Å². The molecule has 0 saturated heterocycles. The molecule has 0 heterocycles. The van der Waals surface area contributed by atoms with Crippen LogP contribution in [-0.2, 0) is 29.4 Å². The van der Waals surface area contributed by atoms with Crippen molar-refractivity contribution in [3.63, 3.8) is 0 Å². The van der Waals surface area contributed by atoms with Crippen molar-refractivity contribution in [2.45, 2.75) is 0 Å². The molecule has 30 heavy (non-hydrogen) atoms. The van der Waals surface area contributed by atoms with E-state index in [4.69, 9.17) is 9.30 Å². The van der Waals surface area contributed by atoms with Crippen molar-refractivity contribution < 1.29 is 29.4 Å². The molecule has 0 radical (unpaired) electrons. The maximum absolute atomic E-state index is 7.50. The molecule has 0 aliphatic heterocycles. The zero-order valence-corrected chi connectivity index (χ0v) is 20.7. The van der Waals surface area contributed by atoms with Gasteiger partial charge in [0.2, 0.25) is 0 Å². The Bertz CT molecular complexity index is 717. The minimum atomic E-state index is 0. The Kier molecular flexibility index (Phi) is 29.1. The fraction of sp³-hybridized carbons (Fsp3) is 0.115. The van der Waals surface area contributed by atoms with Crippen LogP contribution in [0.1, 0.15) is 0 Å². The Labute approximate surface area is 196 Å². The average Bonchev–Trinajstić information content (AvgIpc) is 3.28. The van der Waals surface area contributed by atoms with Crippen molar-refractivity contribution in [2.24, 2.45) is 0 Å². The maximum Gasteiger partial charge on any atom is 3.00 e. The standard InChI is InChI=1S/C9H7.2C6H5.C3H9P.2CO.Ir/c1-2-5-9-7-3-6-8(9)4-1;2*1-2-4-6-5-3-1;1-4(2)3;2*1-2;/h1-7H;2*1-5H;1-3H3;;;/q3*-1;;;;+3. The van der Waals surface area contributed by atoms with Crippen LogP contribution in [-0.4, -0.2) is 20.0 Å². The van der Waals surface area contributed by atoms with Gasteiger partial charge in [-0.15, -0.1) is 37.6 Å². The van der Waals surface area contributed by atoms with Crippen molar-refractivity contribution in [2.75, 3.05) is 20.0 Å². The fourth-order valence-corrected chi connectivity index (χ4v) is 1.75. The zero-order valence-electron chi connectivity index (χ0n) is 17.4. The van der Waals surface area contributed by atoms with Gasteiger partial charge in [0.25, 0.3) is 0 Å². The van der Waals surface area contributed by atoms with Crippen molar-refractivity contribution in [1.82, 2.24) is 0 Å². The predicted molar refractivity (Wildman–Crippen MR) is 123 cm³/mol. The molecule has 156 valence electrons. The minimum absolute atomic E-state index is 0. The molecule has 0 saturated carbocycles. The van der Waals surface area contributed by atoms with Crippen molar-refractivity contribution >= 4 is 18.7 Å². The quantitative estimate of drug-likeness (QED) is 0.122. The predicted octanol–water partition coefficient (Wildman–Crippen LogP) is 6.81. The largest absolute Gasteiger partial charge is 3.00 e. The molecule has 0 spiro atoms. The van der Waals surface area contributed by atoms with E-state index in [9.17, 15) is 0 Å². The Hall–Kier alpha value is -2.17. The first-order valence-corrected chi connectivity index (χ1v) is 11.3. The second-order valence-corrected chi connectivity index (χ2v) is 8.33. The van der Waals surface area contributed by atoms with Crippen LogP contribution in [0.5, 0.6) is 0 Å². The van der Waals surface area contributed by atoms with E-state index >= 15 is 0 Å². The summed E-state index contributed by atoms with van der Waals surface area (Å²) in [6.07, 6.45) is 0. The summed E-state index contributed by atoms with van der Waals surface area (Å²) < 4.78 is 15.0. The van der Waals surface area contributed by atoms with E-state index < -0.39 is 0 Å². The molecule has 4 heteroatoms. The molecule has 0 atom stereocenters. The number of benzene rings is 3. The first-order valence-electron chi connectivity index (χ1n) is 8.64. The number of fused-ring (bicyclic) bond motifs is 1. The molecular weight excluding hydrogens is 567 g/mol. The smallest absolute Gasteiger partial charge is 0.184 e. The van der Waals surface area contributed by atoms with E-state index in [1.165, 1.54) is 10.8 Å². The Morgan fingerprint density at radius 3 is 1.37 bits per heavy atom. The van der Waals surface area contributed by atoms with Gasteiger partial charge in [-0.25, -0.2) is 0 Å². The van der Waals surface area contributed by atoms with E-state index in [-0.39, 0.29) is 20.1 Å². The Morgan fingerprint density at radius 2 is 1.07 bits per heavy atom. The second-order valence-electron chi connectivity index (χ2n) is 5.65. The van der Waals surface area contributed by atoms with Gasteiger partial charge < -0.3 is 0 Å². The van der Waals surface area contributed by atoms with Gasteiger partial charge >= 0.3 is 42.7 Å². The van der Waals surface area contributed by atoms with Crippen LogP contribution >= 0.6 is 7.92 Å². The normalized spacial score (nSPS) is 7.60. The van der Waals surface area contributed by atoms with Crippen LogP contribution in [0.25, 0.3) is 10.8 Å². The van der Waals surface area contributed by atoms with E-state index in [0.29, 0.717) is 7.92 Å². The van der Waals surface area contributed by atoms with Gasteiger partial charge in [0.1, 0.15) is 0 Å². The molecule has 0 bridgehead atoms. The topological polar surface area (TPSA) is 39.8 Å². The summed E-state index contributed by atoms with van der Waals surface area (Å²) >= 11 is 0. The van der Waals surface area contributed by atoms with E-state index in [2.05, 4.69) is 87.9 Å². The Morgan fingerprint density at radius 1 is 0.667 bits per heavy atom. The summed E-state index contributed by atoms with van der Waals surface area (Å²) in [5.41, 5.74) is 0. The summed E-state index contributed by atoms with van der Waals surface area (Å²) in [6, 6.07) is 39.7. The molecule has 0 unspecified atom stereocenters. The zero-order chi connectivity index (χ0) is 22.2. The first-order chi connectivity index (χ1) is 14.2. The van der Waals surface area contributed by atoms with Crippen molar-refractivity contribution in [1.29, 1.82) is 0 Å². The number of hydrogen-bond donors (Lipinski definition) is 0. The van der Waals surface area contributed by atoms with E-state index in [0.717, 1.165) is 0 Å². The van der Waals surface area contributed by atoms with Gasteiger partial charge in [-0.05, 0) is 20.0 Å². The minimum Gasteiger partial charge on any atom is -0.184 e. The third-order valence-corrected chi connectivity index (χ3v) is 2.76. The third-order valence-electron chi connectivity index (χ3n) is 2.76. The van der Waals surface area contributed by atoms with Crippen LogP contribution in [0.4, 0.5) is 0 Å². The van der Waals surface area contributed by atoms with Crippen LogP contribution < -0.4 is 0 Å². The number of hydrogen-bond acceptors (Lipinski definition) is 0. The molecule has 4 rings (SSSR count). The Balaban J connectivity index is -0.000000314. The van der Waals surface area contributed by atoms with Crippen molar-refractivity contribution in [3.8, 4) is 0 Å². The molecule has 4 aromatic rings. The monoisotopic (exact) mass is 594 g/mol. The summed E-state index contributed by atoms with van der Waals surface area (Å²) in [4.78, 5) is 0. The molecule has 0 aromatic heterocycles. The van der Waals surface area contributed by atoms with Crippen molar-refractivity contribution in [3.05, 3.63) is 129 Å². The van der Waals surface area contributed by atoms with E-state index in [1.54, 1.807) is 0 Å². The van der Waals surface area contributed by atoms with Crippen LogP contribution in [0.15, 0.2) is 103 Å². The summed E-state index contributed by atoms with van der Waals surface area (Å²) in [5.74, 6) is 0. The second kappa shape index (κ2) is 26.8. The van der Waals surface area contributed by atoms with Gasteiger partial charge in [0.05, 0.1) is 0 Å². The van der Waals surface area contributed by atoms with Gasteiger partial charge in [-0.1, -0.05) is 6.07 Å². The first kappa shape index (κ1) is 32.5. The van der Waals surface area contributed by atoms with Gasteiger partial charge in [-0.2, -0.15) is 90.3 Å². The average molecular weight is 594 g/mol. The third kappa shape index (κ3) is 22.1. The fourth-order valence-electron chi connectivity index (χ4n) is 1.75. The molecular formula is C26H26IrO2P.